The molecule has 0 radical (unpaired) electrons. The first kappa shape index (κ1) is 21.6. The summed E-state index contributed by atoms with van der Waals surface area (Å²) in [5.41, 5.74) is 3.26. The average molecular weight is 472 g/mol. The molecule has 2 aromatic carbocycles. The van der Waals surface area contributed by atoms with E-state index in [0.29, 0.717) is 31.9 Å². The number of benzene rings is 2. The van der Waals surface area contributed by atoms with Crippen LogP contribution in [0.3, 0.4) is 0 Å². The van der Waals surface area contributed by atoms with E-state index in [2.05, 4.69) is 36.3 Å². The first-order valence-electron chi connectivity index (χ1n) is 9.65. The fourth-order valence-electron chi connectivity index (χ4n) is 3.27. The summed E-state index contributed by atoms with van der Waals surface area (Å²) in [7, 11) is 0. The zero-order valence-electron chi connectivity index (χ0n) is 16.9. The highest BCUT2D eigenvalue weighted by molar-refractivity contribution is 7.17. The molecular formula is C23H19Cl2N3O2S. The molecular weight excluding hydrogens is 453 g/mol. The second kappa shape index (κ2) is 8.83. The minimum absolute atomic E-state index is 0.163. The quantitative estimate of drug-likeness (QED) is 0.377. The normalized spacial score (nSPS) is 11.3. The van der Waals surface area contributed by atoms with Crippen LogP contribution in [-0.4, -0.2) is 15.5 Å². The van der Waals surface area contributed by atoms with Gasteiger partial charge in [0.05, 0.1) is 21.8 Å². The van der Waals surface area contributed by atoms with Gasteiger partial charge in [0.2, 0.25) is 5.91 Å². The third-order valence-electron chi connectivity index (χ3n) is 4.97. The fraction of sp³-hybridized carbons (Fsp3) is 0.174. The number of carbonyl (C=O) groups excluding carboxylic acids is 1. The van der Waals surface area contributed by atoms with Crippen LogP contribution >= 0.6 is 34.5 Å². The van der Waals surface area contributed by atoms with Crippen LogP contribution in [0.25, 0.3) is 21.3 Å². The largest absolute Gasteiger partial charge is 0.324 e. The van der Waals surface area contributed by atoms with Gasteiger partial charge in [-0.15, -0.1) is 11.3 Å². The lowest BCUT2D eigenvalue weighted by Crippen LogP contribution is -2.27. The lowest BCUT2D eigenvalue weighted by atomic mass is 9.99. The van der Waals surface area contributed by atoms with Gasteiger partial charge in [0.25, 0.3) is 5.56 Å². The molecule has 0 aliphatic rings. The number of thiophene rings is 1. The maximum atomic E-state index is 13.2. The number of aromatic nitrogens is 2. The summed E-state index contributed by atoms with van der Waals surface area (Å²) in [6, 6.07) is 13.0. The summed E-state index contributed by atoms with van der Waals surface area (Å²) in [5.74, 6) is 0.0703. The summed E-state index contributed by atoms with van der Waals surface area (Å²) in [5, 5.41) is 5.92. The second-order valence-electron chi connectivity index (χ2n) is 7.46. The highest BCUT2D eigenvalue weighted by atomic mass is 35.5. The molecule has 0 aliphatic carbocycles. The minimum Gasteiger partial charge on any atom is -0.324 e. The van der Waals surface area contributed by atoms with Gasteiger partial charge in [0.15, 0.2) is 0 Å². The number of amides is 1. The molecule has 0 spiro atoms. The highest BCUT2D eigenvalue weighted by Crippen LogP contribution is 2.31. The smallest absolute Gasteiger partial charge is 0.263 e. The molecule has 0 bridgehead atoms. The van der Waals surface area contributed by atoms with Gasteiger partial charge >= 0.3 is 0 Å². The van der Waals surface area contributed by atoms with Crippen LogP contribution in [0.15, 0.2) is 59.0 Å². The predicted molar refractivity (Wildman–Crippen MR) is 128 cm³/mol. The number of anilines is 1. The third-order valence-corrected chi connectivity index (χ3v) is 6.59. The summed E-state index contributed by atoms with van der Waals surface area (Å²) in [6.45, 7) is 4.12. The van der Waals surface area contributed by atoms with E-state index in [1.165, 1.54) is 27.8 Å². The molecule has 0 saturated carbocycles. The van der Waals surface area contributed by atoms with Gasteiger partial charge in [-0.2, -0.15) is 0 Å². The third kappa shape index (κ3) is 4.51. The molecule has 2 heterocycles. The zero-order valence-corrected chi connectivity index (χ0v) is 19.2. The van der Waals surface area contributed by atoms with Crippen LogP contribution in [0, 0.1) is 0 Å². The minimum atomic E-state index is -0.361. The van der Waals surface area contributed by atoms with Crippen molar-refractivity contribution in [1.29, 1.82) is 0 Å². The Morgan fingerprint density at radius 1 is 1.13 bits per heavy atom. The van der Waals surface area contributed by atoms with Crippen LogP contribution in [0.4, 0.5) is 5.69 Å². The maximum absolute atomic E-state index is 13.2. The Labute approximate surface area is 193 Å². The van der Waals surface area contributed by atoms with Gasteiger partial charge in [-0.25, -0.2) is 4.98 Å². The molecule has 0 atom stereocenters. The van der Waals surface area contributed by atoms with Crippen molar-refractivity contribution in [3.63, 3.8) is 0 Å². The summed E-state index contributed by atoms with van der Waals surface area (Å²) >= 11 is 13.3. The molecule has 8 heteroatoms. The van der Waals surface area contributed by atoms with Crippen molar-refractivity contribution in [2.75, 3.05) is 5.32 Å². The van der Waals surface area contributed by atoms with Crippen LogP contribution in [0.2, 0.25) is 10.0 Å². The molecule has 0 unspecified atom stereocenters. The van der Waals surface area contributed by atoms with Crippen molar-refractivity contribution in [3.8, 4) is 11.1 Å². The average Bonchev–Trinajstić information content (AvgIpc) is 3.18. The van der Waals surface area contributed by atoms with E-state index in [1.807, 2.05) is 17.5 Å². The number of nitrogens with one attached hydrogen (secondary N) is 1. The Morgan fingerprint density at radius 2 is 1.87 bits per heavy atom. The van der Waals surface area contributed by atoms with Crippen molar-refractivity contribution in [3.05, 3.63) is 80.1 Å². The van der Waals surface area contributed by atoms with Gasteiger partial charge < -0.3 is 5.32 Å². The lowest BCUT2D eigenvalue weighted by molar-refractivity contribution is -0.116. The molecule has 0 fully saturated rings. The first-order valence-corrected chi connectivity index (χ1v) is 11.3. The number of carbonyl (C=O) groups is 1. The van der Waals surface area contributed by atoms with Crippen LogP contribution in [-0.2, 0) is 11.3 Å². The monoisotopic (exact) mass is 471 g/mol. The van der Waals surface area contributed by atoms with E-state index in [4.69, 9.17) is 23.2 Å². The van der Waals surface area contributed by atoms with Crippen molar-refractivity contribution in [2.24, 2.45) is 0 Å². The van der Waals surface area contributed by atoms with Crippen LogP contribution in [0.1, 0.15) is 25.3 Å². The first-order chi connectivity index (χ1) is 14.8. The lowest BCUT2D eigenvalue weighted by Gasteiger charge is -2.09. The van der Waals surface area contributed by atoms with Gasteiger partial charge in [-0.05, 0) is 35.2 Å². The van der Waals surface area contributed by atoms with E-state index < -0.39 is 0 Å². The molecule has 2 aromatic heterocycles. The van der Waals surface area contributed by atoms with Crippen molar-refractivity contribution < 1.29 is 4.79 Å². The van der Waals surface area contributed by atoms with Gasteiger partial charge in [0, 0.05) is 16.6 Å². The van der Waals surface area contributed by atoms with E-state index in [-0.39, 0.29) is 18.0 Å². The number of hydrogen-bond acceptors (Lipinski definition) is 4. The van der Waals surface area contributed by atoms with Crippen LogP contribution < -0.4 is 10.9 Å². The number of nitrogens with zero attached hydrogens (tertiary/aromatic N) is 2. The van der Waals surface area contributed by atoms with Gasteiger partial charge in [-0.3, -0.25) is 14.2 Å². The van der Waals surface area contributed by atoms with Gasteiger partial charge in [-0.1, -0.05) is 61.3 Å². The van der Waals surface area contributed by atoms with Crippen molar-refractivity contribution in [1.82, 2.24) is 9.55 Å². The van der Waals surface area contributed by atoms with Crippen molar-refractivity contribution >= 4 is 56.3 Å². The summed E-state index contributed by atoms with van der Waals surface area (Å²) in [6.07, 6.45) is 1.40. The van der Waals surface area contributed by atoms with Gasteiger partial charge in [0.1, 0.15) is 11.4 Å². The fourth-order valence-corrected chi connectivity index (χ4v) is 4.47. The molecule has 0 saturated heterocycles. The summed E-state index contributed by atoms with van der Waals surface area (Å²) < 4.78 is 1.31. The molecule has 4 aromatic rings. The Morgan fingerprint density at radius 3 is 2.55 bits per heavy atom. The molecule has 5 nitrogen and oxygen atoms in total. The topological polar surface area (TPSA) is 64.0 Å². The van der Waals surface area contributed by atoms with E-state index in [9.17, 15) is 9.59 Å². The van der Waals surface area contributed by atoms with Crippen LogP contribution in [0.5, 0.6) is 0 Å². The second-order valence-corrected chi connectivity index (χ2v) is 9.13. The predicted octanol–water partition coefficient (Wildman–Crippen LogP) is 6.19. The molecule has 1 N–H and O–H groups in total. The standard InChI is InChI=1S/C23H19Cl2N3O2S/c1-13(2)14-3-5-15(6-4-14)17-11-31-22-21(17)23(30)28(12-26-22)10-20(29)27-16-7-8-18(24)19(25)9-16/h3-9,11-13H,10H2,1-2H3,(H,27,29). The number of fused-ring (bicyclic) bond motifs is 1. The summed E-state index contributed by atoms with van der Waals surface area (Å²) in [4.78, 5) is 30.7. The Kier molecular flexibility index (Phi) is 6.14. The molecule has 31 heavy (non-hydrogen) atoms. The number of hydrogen-bond donors (Lipinski definition) is 1. The SMILES string of the molecule is CC(C)c1ccc(-c2csc3ncn(CC(=O)Nc4ccc(Cl)c(Cl)c4)c(=O)c23)cc1. The van der Waals surface area contributed by atoms with Crippen molar-refractivity contribution in [2.45, 2.75) is 26.3 Å². The van der Waals surface area contributed by atoms with E-state index >= 15 is 0 Å². The van der Waals surface area contributed by atoms with E-state index in [1.54, 1.807) is 18.2 Å². The number of halogens is 2. The number of rotatable bonds is 5. The van der Waals surface area contributed by atoms with E-state index in [0.717, 1.165) is 11.1 Å². The molecule has 1 amide bonds. The Bertz CT molecular complexity index is 1330. The Hall–Kier alpha value is -2.67. The molecule has 0 aliphatic heterocycles. The molecule has 158 valence electrons. The molecule has 4 rings (SSSR count). The Balaban J connectivity index is 1.63. The highest BCUT2D eigenvalue weighted by Gasteiger charge is 2.15. The maximum Gasteiger partial charge on any atom is 0.263 e. The zero-order chi connectivity index (χ0) is 22.1.